The summed E-state index contributed by atoms with van der Waals surface area (Å²) in [5.74, 6) is 1.29. The van der Waals surface area contributed by atoms with Crippen LogP contribution in [0.2, 0.25) is 0 Å². The van der Waals surface area contributed by atoms with E-state index >= 15 is 0 Å². The van der Waals surface area contributed by atoms with E-state index in [-0.39, 0.29) is 17.2 Å². The molecule has 2 heterocycles. The number of carbonyl (C=O) groups excluding carboxylic acids is 2. The van der Waals surface area contributed by atoms with Crippen LogP contribution in [0.5, 0.6) is 5.75 Å². The van der Waals surface area contributed by atoms with Crippen LogP contribution < -0.4 is 4.74 Å². The van der Waals surface area contributed by atoms with E-state index in [1.165, 1.54) is 12.0 Å². The summed E-state index contributed by atoms with van der Waals surface area (Å²) in [6.07, 6.45) is 4.71. The molecule has 0 unspecified atom stereocenters. The predicted octanol–water partition coefficient (Wildman–Crippen LogP) is 3.30. The largest absolute Gasteiger partial charge is 0.494 e. The molecule has 31 heavy (non-hydrogen) atoms. The van der Waals surface area contributed by atoms with Crippen molar-refractivity contribution < 1.29 is 14.3 Å². The molecule has 0 aromatic heterocycles. The van der Waals surface area contributed by atoms with Crippen molar-refractivity contribution in [3.05, 3.63) is 29.8 Å². The summed E-state index contributed by atoms with van der Waals surface area (Å²) in [6.45, 7) is 12.4. The average Bonchev–Trinajstić information content (AvgIpc) is 2.77. The molecule has 0 N–H and O–H groups in total. The van der Waals surface area contributed by atoms with Crippen molar-refractivity contribution in [3.63, 3.8) is 0 Å². The van der Waals surface area contributed by atoms with Gasteiger partial charge in [-0.1, -0.05) is 32.9 Å². The summed E-state index contributed by atoms with van der Waals surface area (Å²) < 4.78 is 5.81. The van der Waals surface area contributed by atoms with Crippen LogP contribution >= 0.6 is 0 Å². The maximum Gasteiger partial charge on any atom is 0.236 e. The Morgan fingerprint density at radius 3 is 2.06 bits per heavy atom. The maximum atomic E-state index is 12.5. The molecule has 0 radical (unpaired) electrons. The number of ether oxygens (including phenoxy) is 1. The third-order valence-electron chi connectivity index (χ3n) is 6.32. The molecule has 2 saturated heterocycles. The van der Waals surface area contributed by atoms with Gasteiger partial charge in [0.1, 0.15) is 5.75 Å². The van der Waals surface area contributed by atoms with Crippen LogP contribution in [0.15, 0.2) is 24.3 Å². The molecule has 2 aliphatic rings. The van der Waals surface area contributed by atoms with E-state index in [4.69, 9.17) is 4.74 Å². The van der Waals surface area contributed by atoms with Crippen molar-refractivity contribution in [2.45, 2.75) is 58.3 Å². The van der Waals surface area contributed by atoms with Gasteiger partial charge in [0.2, 0.25) is 11.8 Å². The second-order valence-electron chi connectivity index (χ2n) is 9.82. The monoisotopic (exact) mass is 429 g/mol. The van der Waals surface area contributed by atoms with Crippen LogP contribution in [0.4, 0.5) is 0 Å². The van der Waals surface area contributed by atoms with Crippen LogP contribution in [-0.2, 0) is 15.0 Å². The number of hydrogen-bond donors (Lipinski definition) is 0. The number of amides is 2. The Morgan fingerprint density at radius 2 is 1.45 bits per heavy atom. The number of piperidine rings is 1. The minimum Gasteiger partial charge on any atom is -0.494 e. The minimum absolute atomic E-state index is 0.135. The number of nitrogens with zero attached hydrogens (tertiary/aromatic N) is 3. The molecular formula is C25H39N3O3. The van der Waals surface area contributed by atoms with Crippen molar-refractivity contribution >= 4 is 11.8 Å². The lowest BCUT2D eigenvalue weighted by Gasteiger charge is -2.36. The molecule has 2 fully saturated rings. The molecule has 0 spiro atoms. The van der Waals surface area contributed by atoms with Gasteiger partial charge in [0.05, 0.1) is 13.2 Å². The van der Waals surface area contributed by atoms with Crippen LogP contribution in [0.25, 0.3) is 0 Å². The Bertz CT molecular complexity index is 713. The minimum atomic E-state index is 0.135. The second kappa shape index (κ2) is 11.0. The van der Waals surface area contributed by atoms with E-state index < -0.39 is 0 Å². The topological polar surface area (TPSA) is 53.1 Å². The summed E-state index contributed by atoms with van der Waals surface area (Å²) in [4.78, 5) is 31.1. The van der Waals surface area contributed by atoms with E-state index in [1.54, 1.807) is 0 Å². The molecule has 0 aliphatic carbocycles. The Labute approximate surface area is 187 Å². The first-order valence-electron chi connectivity index (χ1n) is 11.8. The zero-order valence-corrected chi connectivity index (χ0v) is 19.6. The summed E-state index contributed by atoms with van der Waals surface area (Å²) in [6, 6.07) is 8.23. The maximum absolute atomic E-state index is 12.5. The zero-order valence-electron chi connectivity index (χ0n) is 19.6. The molecule has 0 bridgehead atoms. The smallest absolute Gasteiger partial charge is 0.236 e. The van der Waals surface area contributed by atoms with Crippen LogP contribution in [0, 0.1) is 0 Å². The summed E-state index contributed by atoms with van der Waals surface area (Å²) >= 11 is 0. The number of benzene rings is 1. The molecule has 1 aromatic carbocycles. The standard InChI is InChI=1S/C25H39N3O3/c1-25(2,3)21-9-11-22(12-10-21)31-19-7-8-23(29)28-17-15-26(16-18-28)20-24(30)27-13-5-4-6-14-27/h9-12H,4-8,13-20H2,1-3H3. The van der Waals surface area contributed by atoms with Gasteiger partial charge in [-0.15, -0.1) is 0 Å². The quantitative estimate of drug-likeness (QED) is 0.624. The first-order chi connectivity index (χ1) is 14.8. The zero-order chi connectivity index (χ0) is 22.3. The number of piperazine rings is 1. The molecule has 2 amide bonds. The van der Waals surface area contributed by atoms with Gasteiger partial charge in [0.25, 0.3) is 0 Å². The van der Waals surface area contributed by atoms with Crippen molar-refractivity contribution in [3.8, 4) is 5.75 Å². The van der Waals surface area contributed by atoms with Crippen molar-refractivity contribution in [1.82, 2.24) is 14.7 Å². The number of rotatable bonds is 7. The van der Waals surface area contributed by atoms with Gasteiger partial charge in [-0.25, -0.2) is 0 Å². The van der Waals surface area contributed by atoms with E-state index in [0.717, 1.165) is 44.8 Å². The van der Waals surface area contributed by atoms with E-state index in [1.807, 2.05) is 21.9 Å². The summed E-state index contributed by atoms with van der Waals surface area (Å²) in [5, 5.41) is 0. The first-order valence-corrected chi connectivity index (χ1v) is 11.8. The van der Waals surface area contributed by atoms with E-state index in [0.29, 0.717) is 39.1 Å². The van der Waals surface area contributed by atoms with Gasteiger partial charge in [-0.05, 0) is 48.8 Å². The lowest BCUT2D eigenvalue weighted by molar-refractivity contribution is -0.135. The van der Waals surface area contributed by atoms with Gasteiger partial charge in [0, 0.05) is 45.7 Å². The Balaban J connectivity index is 1.30. The lowest BCUT2D eigenvalue weighted by Crippen LogP contribution is -2.52. The van der Waals surface area contributed by atoms with Gasteiger partial charge >= 0.3 is 0 Å². The lowest BCUT2D eigenvalue weighted by atomic mass is 9.87. The normalized spacial score (nSPS) is 18.2. The van der Waals surface area contributed by atoms with Crippen molar-refractivity contribution in [1.29, 1.82) is 0 Å². The molecule has 1 aromatic rings. The van der Waals surface area contributed by atoms with Gasteiger partial charge in [0.15, 0.2) is 0 Å². The third kappa shape index (κ3) is 7.23. The summed E-state index contributed by atoms with van der Waals surface area (Å²) in [5.41, 5.74) is 1.42. The highest BCUT2D eigenvalue weighted by Crippen LogP contribution is 2.24. The molecular weight excluding hydrogens is 390 g/mol. The number of carbonyl (C=O) groups is 2. The number of hydrogen-bond acceptors (Lipinski definition) is 4. The average molecular weight is 430 g/mol. The highest BCUT2D eigenvalue weighted by Gasteiger charge is 2.24. The molecule has 0 saturated carbocycles. The highest BCUT2D eigenvalue weighted by atomic mass is 16.5. The molecule has 172 valence electrons. The molecule has 6 nitrogen and oxygen atoms in total. The summed E-state index contributed by atoms with van der Waals surface area (Å²) in [7, 11) is 0. The molecule has 2 aliphatic heterocycles. The molecule has 3 rings (SSSR count). The Hall–Kier alpha value is -2.08. The fourth-order valence-corrected chi connectivity index (χ4v) is 4.21. The number of likely N-dealkylation sites (tertiary alicyclic amines) is 1. The van der Waals surface area contributed by atoms with Crippen LogP contribution in [0.1, 0.15) is 58.4 Å². The molecule has 6 heteroatoms. The van der Waals surface area contributed by atoms with Gasteiger partial charge < -0.3 is 14.5 Å². The fourth-order valence-electron chi connectivity index (χ4n) is 4.21. The highest BCUT2D eigenvalue weighted by molar-refractivity contribution is 5.78. The second-order valence-corrected chi connectivity index (χ2v) is 9.82. The Kier molecular flexibility index (Phi) is 8.35. The fraction of sp³-hybridized carbons (Fsp3) is 0.680. The molecule has 0 atom stereocenters. The van der Waals surface area contributed by atoms with Crippen LogP contribution in [0.3, 0.4) is 0 Å². The van der Waals surface area contributed by atoms with Gasteiger partial charge in [-0.3, -0.25) is 14.5 Å². The third-order valence-corrected chi connectivity index (χ3v) is 6.32. The van der Waals surface area contributed by atoms with Crippen LogP contribution in [-0.4, -0.2) is 78.9 Å². The SMILES string of the molecule is CC(C)(C)c1ccc(OCCCC(=O)N2CCN(CC(=O)N3CCCCC3)CC2)cc1. The predicted molar refractivity (Wildman–Crippen MR) is 123 cm³/mol. The Morgan fingerprint density at radius 1 is 0.839 bits per heavy atom. The van der Waals surface area contributed by atoms with E-state index in [9.17, 15) is 9.59 Å². The van der Waals surface area contributed by atoms with Gasteiger partial charge in [-0.2, -0.15) is 0 Å². The van der Waals surface area contributed by atoms with E-state index in [2.05, 4.69) is 37.8 Å². The van der Waals surface area contributed by atoms with Crippen molar-refractivity contribution in [2.75, 3.05) is 52.4 Å². The van der Waals surface area contributed by atoms with Crippen molar-refractivity contribution in [2.24, 2.45) is 0 Å². The first kappa shape index (κ1) is 23.6.